The van der Waals surface area contributed by atoms with Gasteiger partial charge in [-0.15, -0.1) is 0 Å². The minimum atomic E-state index is -0.263. The Morgan fingerprint density at radius 1 is 1.33 bits per heavy atom. The molecule has 0 amide bonds. The molecule has 1 aliphatic carbocycles. The molecule has 1 heterocycles. The number of carbonyl (C=O) groups is 1. The van der Waals surface area contributed by atoms with Gasteiger partial charge in [0, 0.05) is 5.57 Å². The van der Waals surface area contributed by atoms with Gasteiger partial charge in [-0.05, 0) is 38.5 Å². The maximum atomic E-state index is 11.2. The van der Waals surface area contributed by atoms with Crippen LogP contribution in [0.3, 0.4) is 0 Å². The number of epoxide rings is 1. The lowest BCUT2D eigenvalue weighted by Gasteiger charge is -2.14. The molecule has 84 valence electrons. The molecule has 1 saturated heterocycles. The van der Waals surface area contributed by atoms with Crippen molar-refractivity contribution in [2.24, 2.45) is 5.92 Å². The van der Waals surface area contributed by atoms with Crippen molar-refractivity contribution in [2.75, 3.05) is 6.61 Å². The predicted molar refractivity (Wildman–Crippen MR) is 56.4 cm³/mol. The van der Waals surface area contributed by atoms with Gasteiger partial charge < -0.3 is 9.47 Å². The third-order valence-electron chi connectivity index (χ3n) is 3.21. The standard InChI is InChI=1S/C12H18O3/c1-8(2)12(13)14-7-9-3-5-10-11(15-10)6-4-9/h9-11H,1,3-7H2,2H3. The molecule has 1 aliphatic heterocycles. The van der Waals surface area contributed by atoms with Crippen LogP contribution in [0.2, 0.25) is 0 Å². The molecular weight excluding hydrogens is 192 g/mol. The largest absolute Gasteiger partial charge is 0.462 e. The number of hydrogen-bond acceptors (Lipinski definition) is 3. The van der Waals surface area contributed by atoms with Crippen LogP contribution in [0.1, 0.15) is 32.6 Å². The first-order valence-electron chi connectivity index (χ1n) is 5.65. The summed E-state index contributed by atoms with van der Waals surface area (Å²) in [5, 5.41) is 0. The topological polar surface area (TPSA) is 38.8 Å². The third kappa shape index (κ3) is 2.81. The molecule has 0 aromatic heterocycles. The molecule has 3 heteroatoms. The van der Waals surface area contributed by atoms with E-state index in [9.17, 15) is 4.79 Å². The first kappa shape index (κ1) is 10.7. The van der Waals surface area contributed by atoms with Gasteiger partial charge in [0.2, 0.25) is 0 Å². The van der Waals surface area contributed by atoms with Crippen LogP contribution in [0.15, 0.2) is 12.2 Å². The van der Waals surface area contributed by atoms with E-state index in [1.807, 2.05) is 0 Å². The Morgan fingerprint density at radius 3 is 2.47 bits per heavy atom. The van der Waals surface area contributed by atoms with Gasteiger partial charge in [0.1, 0.15) is 0 Å². The molecular formula is C12H18O3. The normalized spacial score (nSPS) is 33.8. The van der Waals surface area contributed by atoms with Gasteiger partial charge in [-0.25, -0.2) is 4.79 Å². The summed E-state index contributed by atoms with van der Waals surface area (Å²) >= 11 is 0. The highest BCUT2D eigenvalue weighted by Crippen LogP contribution is 2.37. The van der Waals surface area contributed by atoms with Crippen molar-refractivity contribution in [3.63, 3.8) is 0 Å². The van der Waals surface area contributed by atoms with Crippen molar-refractivity contribution in [3.8, 4) is 0 Å². The Balaban J connectivity index is 1.70. The quantitative estimate of drug-likeness (QED) is 0.406. The van der Waals surface area contributed by atoms with Crippen LogP contribution >= 0.6 is 0 Å². The monoisotopic (exact) mass is 210 g/mol. The van der Waals surface area contributed by atoms with E-state index in [1.165, 1.54) is 0 Å². The summed E-state index contributed by atoms with van der Waals surface area (Å²) in [5.74, 6) is 0.255. The molecule has 1 saturated carbocycles. The molecule has 0 bridgehead atoms. The van der Waals surface area contributed by atoms with Crippen LogP contribution < -0.4 is 0 Å². The zero-order valence-corrected chi connectivity index (χ0v) is 9.20. The molecule has 0 spiro atoms. The highest BCUT2D eigenvalue weighted by atomic mass is 16.6. The zero-order chi connectivity index (χ0) is 10.8. The number of fused-ring (bicyclic) bond motifs is 1. The second-order valence-corrected chi connectivity index (χ2v) is 4.61. The number of carbonyl (C=O) groups excluding carboxylic acids is 1. The van der Waals surface area contributed by atoms with E-state index in [0.717, 1.165) is 25.7 Å². The summed E-state index contributed by atoms with van der Waals surface area (Å²) in [6.07, 6.45) is 5.49. The molecule has 2 aliphatic rings. The van der Waals surface area contributed by atoms with Gasteiger partial charge >= 0.3 is 5.97 Å². The lowest BCUT2D eigenvalue weighted by Crippen LogP contribution is -2.14. The highest BCUT2D eigenvalue weighted by molar-refractivity contribution is 5.86. The average Bonchev–Trinajstić information content (AvgIpc) is 2.93. The van der Waals surface area contributed by atoms with E-state index >= 15 is 0 Å². The fraction of sp³-hybridized carbons (Fsp3) is 0.750. The van der Waals surface area contributed by atoms with Crippen molar-refractivity contribution >= 4 is 5.97 Å². The number of hydrogen-bond donors (Lipinski definition) is 0. The van der Waals surface area contributed by atoms with Crippen molar-refractivity contribution in [1.82, 2.24) is 0 Å². The summed E-state index contributed by atoms with van der Waals surface area (Å²) in [5.41, 5.74) is 0.481. The second kappa shape index (κ2) is 4.35. The van der Waals surface area contributed by atoms with Crippen LogP contribution in [0, 0.1) is 5.92 Å². The van der Waals surface area contributed by atoms with Gasteiger partial charge in [0.15, 0.2) is 0 Å². The Morgan fingerprint density at radius 2 is 1.93 bits per heavy atom. The smallest absolute Gasteiger partial charge is 0.333 e. The Labute approximate surface area is 90.4 Å². The molecule has 2 atom stereocenters. The predicted octanol–water partition coefficient (Wildman–Crippen LogP) is 2.06. The van der Waals surface area contributed by atoms with Crippen LogP contribution in [-0.2, 0) is 14.3 Å². The first-order chi connectivity index (χ1) is 7.16. The van der Waals surface area contributed by atoms with Crippen molar-refractivity contribution in [2.45, 2.75) is 44.8 Å². The second-order valence-electron chi connectivity index (χ2n) is 4.61. The minimum absolute atomic E-state index is 0.263. The van der Waals surface area contributed by atoms with Crippen LogP contribution in [0.5, 0.6) is 0 Å². The maximum absolute atomic E-state index is 11.2. The van der Waals surface area contributed by atoms with Crippen LogP contribution in [0.25, 0.3) is 0 Å². The third-order valence-corrected chi connectivity index (χ3v) is 3.21. The number of rotatable bonds is 3. The molecule has 0 N–H and O–H groups in total. The van der Waals surface area contributed by atoms with Crippen molar-refractivity contribution in [1.29, 1.82) is 0 Å². The van der Waals surface area contributed by atoms with E-state index in [4.69, 9.17) is 9.47 Å². The highest BCUT2D eigenvalue weighted by Gasteiger charge is 2.40. The fourth-order valence-corrected chi connectivity index (χ4v) is 2.11. The average molecular weight is 210 g/mol. The molecule has 2 unspecified atom stereocenters. The lowest BCUT2D eigenvalue weighted by molar-refractivity contribution is -0.140. The minimum Gasteiger partial charge on any atom is -0.462 e. The van der Waals surface area contributed by atoms with Gasteiger partial charge in [-0.3, -0.25) is 0 Å². The number of esters is 1. The molecule has 2 rings (SSSR count). The fourth-order valence-electron chi connectivity index (χ4n) is 2.11. The summed E-state index contributed by atoms with van der Waals surface area (Å²) in [6, 6.07) is 0. The maximum Gasteiger partial charge on any atom is 0.333 e. The van der Waals surface area contributed by atoms with Crippen LogP contribution in [-0.4, -0.2) is 24.8 Å². The SMILES string of the molecule is C=C(C)C(=O)OCC1CCC2OC2CC1. The van der Waals surface area contributed by atoms with Gasteiger partial charge in [0.25, 0.3) is 0 Å². The van der Waals surface area contributed by atoms with Crippen molar-refractivity contribution < 1.29 is 14.3 Å². The molecule has 0 radical (unpaired) electrons. The molecule has 0 aromatic carbocycles. The summed E-state index contributed by atoms with van der Waals surface area (Å²) < 4.78 is 10.6. The summed E-state index contributed by atoms with van der Waals surface area (Å²) in [6.45, 7) is 5.79. The summed E-state index contributed by atoms with van der Waals surface area (Å²) in [7, 11) is 0. The Hall–Kier alpha value is -0.830. The van der Waals surface area contributed by atoms with E-state index in [0.29, 0.717) is 30.3 Å². The molecule has 15 heavy (non-hydrogen) atoms. The summed E-state index contributed by atoms with van der Waals surface area (Å²) in [4.78, 5) is 11.2. The van der Waals surface area contributed by atoms with Gasteiger partial charge in [0.05, 0.1) is 18.8 Å². The molecule has 3 nitrogen and oxygen atoms in total. The molecule has 0 aromatic rings. The van der Waals surface area contributed by atoms with Crippen molar-refractivity contribution in [3.05, 3.63) is 12.2 Å². The van der Waals surface area contributed by atoms with E-state index in [-0.39, 0.29) is 5.97 Å². The lowest BCUT2D eigenvalue weighted by atomic mass is 10.0. The zero-order valence-electron chi connectivity index (χ0n) is 9.20. The Kier molecular flexibility index (Phi) is 3.10. The van der Waals surface area contributed by atoms with Crippen LogP contribution in [0.4, 0.5) is 0 Å². The number of ether oxygens (including phenoxy) is 2. The van der Waals surface area contributed by atoms with E-state index < -0.39 is 0 Å². The first-order valence-corrected chi connectivity index (χ1v) is 5.65. The van der Waals surface area contributed by atoms with Gasteiger partial charge in [-0.1, -0.05) is 6.58 Å². The van der Waals surface area contributed by atoms with Gasteiger partial charge in [-0.2, -0.15) is 0 Å². The van der Waals surface area contributed by atoms with E-state index in [2.05, 4.69) is 6.58 Å². The van der Waals surface area contributed by atoms with E-state index in [1.54, 1.807) is 6.92 Å². The molecule has 2 fully saturated rings. The Bertz CT molecular complexity index is 260.